The zero-order valence-electron chi connectivity index (χ0n) is 27.8. The molecule has 49 heavy (non-hydrogen) atoms. The Labute approximate surface area is 296 Å². The molecule has 3 atom stereocenters. The van der Waals surface area contributed by atoms with Gasteiger partial charge in [-0.25, -0.2) is 4.79 Å². The first kappa shape index (κ1) is 32.9. The van der Waals surface area contributed by atoms with Crippen LogP contribution in [0.5, 0.6) is 0 Å². The maximum absolute atomic E-state index is 13.1. The topological polar surface area (TPSA) is 106 Å². The van der Waals surface area contributed by atoms with Gasteiger partial charge < -0.3 is 25.2 Å². The molecular weight excluding hydrogens is 653 g/mol. The van der Waals surface area contributed by atoms with E-state index in [1.54, 1.807) is 23.1 Å². The summed E-state index contributed by atoms with van der Waals surface area (Å²) in [5.41, 5.74) is 6.09. The molecule has 1 aliphatic heterocycles. The Balaban J connectivity index is 0.950. The molecule has 2 amide bonds. The number of aromatic nitrogens is 2. The van der Waals surface area contributed by atoms with E-state index < -0.39 is 6.29 Å². The van der Waals surface area contributed by atoms with Crippen molar-refractivity contribution in [1.29, 1.82) is 0 Å². The van der Waals surface area contributed by atoms with Gasteiger partial charge in [-0.1, -0.05) is 83.8 Å². The molecular formula is C39H44N4O4S2. The summed E-state index contributed by atoms with van der Waals surface area (Å²) in [6.45, 7) is 2.45. The highest BCUT2D eigenvalue weighted by molar-refractivity contribution is 8.01. The second-order valence-electron chi connectivity index (χ2n) is 14.6. The molecule has 1 aromatic heterocycles. The predicted molar refractivity (Wildman–Crippen MR) is 192 cm³/mol. The molecule has 0 radical (unpaired) electrons. The van der Waals surface area contributed by atoms with E-state index in [0.29, 0.717) is 13.0 Å². The number of nitrogens with zero attached hydrogens (tertiary/aromatic N) is 2. The van der Waals surface area contributed by atoms with Crippen LogP contribution in [-0.4, -0.2) is 38.7 Å². The average molecular weight is 697 g/mol. The molecule has 2 heterocycles. The number of hydrogen-bond acceptors (Lipinski definition) is 8. The summed E-state index contributed by atoms with van der Waals surface area (Å²) >= 11 is 3.27. The van der Waals surface area contributed by atoms with Crippen LogP contribution in [0.15, 0.2) is 77.1 Å². The first-order chi connectivity index (χ1) is 23.9. The molecule has 9 rings (SSSR count). The number of rotatable bonds is 10. The summed E-state index contributed by atoms with van der Waals surface area (Å²) in [5, 5.41) is 25.5. The molecule has 0 unspecified atom stereocenters. The second kappa shape index (κ2) is 14.2. The lowest BCUT2D eigenvalue weighted by atomic mass is 9.53. The van der Waals surface area contributed by atoms with Crippen LogP contribution in [0.3, 0.4) is 0 Å². The van der Waals surface area contributed by atoms with E-state index >= 15 is 0 Å². The number of urea groups is 1. The number of aliphatic hydroxyl groups is 1. The van der Waals surface area contributed by atoms with Crippen LogP contribution < -0.4 is 10.6 Å². The fourth-order valence-corrected chi connectivity index (χ4v) is 10.8. The van der Waals surface area contributed by atoms with Crippen LogP contribution in [-0.2, 0) is 22.6 Å². The number of carbonyl (C=O) groups excluding carboxylic acids is 1. The quantitative estimate of drug-likeness (QED) is 0.144. The summed E-state index contributed by atoms with van der Waals surface area (Å²) in [6.07, 6.45) is 7.47. The van der Waals surface area contributed by atoms with Crippen molar-refractivity contribution in [3.05, 3.63) is 100 Å². The maximum Gasteiger partial charge on any atom is 0.315 e. The van der Waals surface area contributed by atoms with Crippen LogP contribution in [0.25, 0.3) is 11.1 Å². The van der Waals surface area contributed by atoms with Crippen LogP contribution >= 0.6 is 23.1 Å². The third-order valence-electron chi connectivity index (χ3n) is 10.8. The molecule has 5 aliphatic rings. The first-order valence-electron chi connectivity index (χ1n) is 17.6. The van der Waals surface area contributed by atoms with Gasteiger partial charge in [-0.3, -0.25) is 0 Å². The Kier molecular flexibility index (Phi) is 9.50. The Hall–Kier alpha value is -3.28. The molecule has 4 aromatic rings. The van der Waals surface area contributed by atoms with Crippen LogP contribution in [0.1, 0.15) is 84.6 Å². The number of ether oxygens (including phenoxy) is 2. The number of amides is 2. The summed E-state index contributed by atoms with van der Waals surface area (Å²) in [6, 6.07) is 24.7. The van der Waals surface area contributed by atoms with E-state index in [1.807, 2.05) is 31.2 Å². The first-order valence-corrected chi connectivity index (χ1v) is 19.4. The van der Waals surface area contributed by atoms with E-state index in [0.717, 1.165) is 85.5 Å². The molecule has 1 saturated heterocycles. The van der Waals surface area contributed by atoms with Crippen LogP contribution in [0, 0.1) is 24.7 Å². The summed E-state index contributed by atoms with van der Waals surface area (Å²) in [4.78, 5) is 13.1. The number of aliphatic hydroxyl groups excluding tert-OH is 1. The second-order valence-corrected chi connectivity index (χ2v) is 17.0. The molecule has 8 nitrogen and oxygen atoms in total. The lowest BCUT2D eigenvalue weighted by Gasteiger charge is -2.56. The minimum absolute atomic E-state index is 0.00105. The number of benzene rings is 3. The van der Waals surface area contributed by atoms with Gasteiger partial charge in [0.05, 0.1) is 18.8 Å². The van der Waals surface area contributed by atoms with Crippen molar-refractivity contribution in [2.75, 3.05) is 5.75 Å². The predicted octanol–water partition coefficient (Wildman–Crippen LogP) is 8.11. The average Bonchev–Trinajstić information content (AvgIpc) is 3.54. The molecule has 10 heteroatoms. The van der Waals surface area contributed by atoms with Gasteiger partial charge in [0.2, 0.25) is 0 Å². The van der Waals surface area contributed by atoms with Crippen molar-refractivity contribution in [3.63, 3.8) is 0 Å². The van der Waals surface area contributed by atoms with Crippen molar-refractivity contribution in [1.82, 2.24) is 20.8 Å². The minimum atomic E-state index is -0.545. The van der Waals surface area contributed by atoms with Crippen LogP contribution in [0.4, 0.5) is 4.79 Å². The monoisotopic (exact) mass is 696 g/mol. The number of carbonyl (C=O) groups is 1. The van der Waals surface area contributed by atoms with Gasteiger partial charge in [0, 0.05) is 29.8 Å². The van der Waals surface area contributed by atoms with E-state index in [2.05, 4.69) is 69.4 Å². The van der Waals surface area contributed by atoms with Crippen LogP contribution in [0.2, 0.25) is 0 Å². The number of nitrogens with one attached hydrogen (secondary N) is 2. The van der Waals surface area contributed by atoms with E-state index in [1.165, 1.54) is 19.3 Å². The summed E-state index contributed by atoms with van der Waals surface area (Å²) in [5.74, 6) is 3.12. The van der Waals surface area contributed by atoms with Crippen molar-refractivity contribution in [2.24, 2.45) is 17.8 Å². The Morgan fingerprint density at radius 2 is 1.59 bits per heavy atom. The standard InChI is InChI=1S/C39H44N4O4S2/c1-24-42-43-38(49-24)48-23-34-17-35(30-10-8-25(22-44)9-11-30)47-36(46-34)33-7-3-6-32(16-33)31-5-2-4-26(15-31)21-40-37(45)41-39-18-27-12-28(19-39)14-29(13-27)20-39/h2-11,15-16,27-29,34-36,44H,12-14,17-23H2,1H3,(H2,40,41,45)/t27?,28?,29?,34-,35+,36+,39?/m0/s1. The highest BCUT2D eigenvalue weighted by Gasteiger charge is 2.51. The third kappa shape index (κ3) is 7.59. The van der Waals surface area contributed by atoms with Gasteiger partial charge >= 0.3 is 6.03 Å². The lowest BCUT2D eigenvalue weighted by Crippen LogP contribution is -2.61. The molecule has 4 aliphatic carbocycles. The Morgan fingerprint density at radius 1 is 0.878 bits per heavy atom. The zero-order valence-corrected chi connectivity index (χ0v) is 29.5. The van der Waals surface area contributed by atoms with E-state index in [4.69, 9.17) is 9.47 Å². The molecule has 4 saturated carbocycles. The summed E-state index contributed by atoms with van der Waals surface area (Å²) in [7, 11) is 0. The normalized spacial score (nSPS) is 28.8. The Bertz CT molecular complexity index is 1740. The van der Waals surface area contributed by atoms with Gasteiger partial charge in [0.25, 0.3) is 0 Å². The lowest BCUT2D eigenvalue weighted by molar-refractivity contribution is -0.245. The van der Waals surface area contributed by atoms with Crippen molar-refractivity contribution in [3.8, 4) is 11.1 Å². The molecule has 3 N–H and O–H groups in total. The van der Waals surface area contributed by atoms with Crippen molar-refractivity contribution >= 4 is 29.1 Å². The number of aryl methyl sites for hydroxylation is 1. The maximum atomic E-state index is 13.1. The molecule has 0 spiro atoms. The van der Waals surface area contributed by atoms with Gasteiger partial charge in [-0.05, 0) is 103 Å². The van der Waals surface area contributed by atoms with Gasteiger partial charge in [0.15, 0.2) is 10.6 Å². The van der Waals surface area contributed by atoms with Crippen molar-refractivity contribution < 1.29 is 19.4 Å². The fourth-order valence-electron chi connectivity index (χ4n) is 8.98. The van der Waals surface area contributed by atoms with Crippen molar-refractivity contribution in [2.45, 2.75) is 93.4 Å². The molecule has 256 valence electrons. The Morgan fingerprint density at radius 3 is 2.29 bits per heavy atom. The van der Waals surface area contributed by atoms with Gasteiger partial charge in [-0.15, -0.1) is 10.2 Å². The fraction of sp³-hybridized carbons (Fsp3) is 0.462. The van der Waals surface area contributed by atoms with E-state index in [-0.39, 0.29) is 30.4 Å². The number of thioether (sulfide) groups is 1. The summed E-state index contributed by atoms with van der Waals surface area (Å²) < 4.78 is 14.2. The minimum Gasteiger partial charge on any atom is -0.392 e. The number of hydrogen-bond donors (Lipinski definition) is 3. The van der Waals surface area contributed by atoms with E-state index in [9.17, 15) is 9.90 Å². The van der Waals surface area contributed by atoms with Gasteiger partial charge in [-0.2, -0.15) is 0 Å². The molecule has 3 aromatic carbocycles. The smallest absolute Gasteiger partial charge is 0.315 e. The van der Waals surface area contributed by atoms with Gasteiger partial charge in [0.1, 0.15) is 5.01 Å². The largest absolute Gasteiger partial charge is 0.392 e. The zero-order chi connectivity index (χ0) is 33.4. The highest BCUT2D eigenvalue weighted by Crippen LogP contribution is 2.55. The molecule has 5 fully saturated rings. The highest BCUT2D eigenvalue weighted by atomic mass is 32.2. The SMILES string of the molecule is Cc1nnc(SC[C@@H]2C[C@H](c3ccc(CO)cc3)O[C@H](c3cccc(-c4cccc(CNC(=O)NC56CC7CC(CC(C7)C5)C6)c4)c3)O2)s1. The third-order valence-corrected chi connectivity index (χ3v) is 12.9. The molecule has 4 bridgehead atoms.